The minimum absolute atomic E-state index is 0.139. The molecule has 2 aliphatic heterocycles. The van der Waals surface area contributed by atoms with Crippen molar-refractivity contribution in [3.63, 3.8) is 0 Å². The van der Waals surface area contributed by atoms with E-state index in [0.717, 1.165) is 23.5 Å². The smallest absolute Gasteiger partial charge is 0.414 e. The first-order valence-electron chi connectivity index (χ1n) is 8.53. The van der Waals surface area contributed by atoms with Crippen molar-refractivity contribution in [2.75, 3.05) is 29.6 Å². The van der Waals surface area contributed by atoms with E-state index in [2.05, 4.69) is 4.98 Å². The summed E-state index contributed by atoms with van der Waals surface area (Å²) in [5.74, 6) is 1.39. The SMILES string of the molecule is O=C1CSCCN1c1ccc(CO[C@@H]2COc3nc([N+](=O)[O-])cn3C2)cc1. The first-order valence-corrected chi connectivity index (χ1v) is 9.68. The maximum atomic E-state index is 12.0. The van der Waals surface area contributed by atoms with Crippen LogP contribution in [0.1, 0.15) is 5.56 Å². The molecule has 9 nitrogen and oxygen atoms in total. The number of carbonyl (C=O) groups is 1. The molecule has 0 radical (unpaired) electrons. The molecular weight excluding hydrogens is 372 g/mol. The highest BCUT2D eigenvalue weighted by Crippen LogP contribution is 2.24. The minimum atomic E-state index is -0.544. The Balaban J connectivity index is 1.33. The number of anilines is 1. The van der Waals surface area contributed by atoms with Gasteiger partial charge in [-0.3, -0.25) is 9.36 Å². The van der Waals surface area contributed by atoms with Gasteiger partial charge in [0.05, 0.1) is 18.9 Å². The fourth-order valence-electron chi connectivity index (χ4n) is 3.04. The molecule has 1 aromatic heterocycles. The van der Waals surface area contributed by atoms with Gasteiger partial charge in [0.15, 0.2) is 0 Å². The second-order valence-electron chi connectivity index (χ2n) is 6.30. The van der Waals surface area contributed by atoms with Gasteiger partial charge in [-0.25, -0.2) is 0 Å². The lowest BCUT2D eigenvalue weighted by Crippen LogP contribution is -2.38. The molecule has 4 rings (SSSR count). The summed E-state index contributed by atoms with van der Waals surface area (Å²) in [5, 5.41) is 10.8. The lowest BCUT2D eigenvalue weighted by molar-refractivity contribution is -0.389. The Bertz CT molecular complexity index is 854. The van der Waals surface area contributed by atoms with Gasteiger partial charge in [0.1, 0.15) is 18.9 Å². The molecule has 0 bridgehead atoms. The van der Waals surface area contributed by atoms with Crippen molar-refractivity contribution in [2.45, 2.75) is 19.3 Å². The van der Waals surface area contributed by atoms with E-state index in [1.165, 1.54) is 6.20 Å². The van der Waals surface area contributed by atoms with Crippen molar-refractivity contribution < 1.29 is 19.2 Å². The van der Waals surface area contributed by atoms with Crippen LogP contribution in [0.25, 0.3) is 0 Å². The number of ether oxygens (including phenoxy) is 2. The number of carbonyl (C=O) groups excluding carboxylic acids is 1. The van der Waals surface area contributed by atoms with Crippen molar-refractivity contribution >= 4 is 29.2 Å². The molecule has 10 heteroatoms. The van der Waals surface area contributed by atoms with Crippen molar-refractivity contribution in [1.82, 2.24) is 9.55 Å². The van der Waals surface area contributed by atoms with Gasteiger partial charge in [0.25, 0.3) is 0 Å². The number of nitrogens with zero attached hydrogens (tertiary/aromatic N) is 4. The maximum Gasteiger partial charge on any atom is 0.414 e. The molecule has 1 atom stereocenters. The Morgan fingerprint density at radius 3 is 2.93 bits per heavy atom. The Hall–Kier alpha value is -2.59. The van der Waals surface area contributed by atoms with Gasteiger partial charge < -0.3 is 24.5 Å². The molecule has 27 heavy (non-hydrogen) atoms. The van der Waals surface area contributed by atoms with Crippen LogP contribution in [0.5, 0.6) is 6.01 Å². The van der Waals surface area contributed by atoms with Crippen molar-refractivity contribution in [2.24, 2.45) is 0 Å². The van der Waals surface area contributed by atoms with E-state index < -0.39 is 4.92 Å². The third kappa shape index (κ3) is 3.91. The second-order valence-corrected chi connectivity index (χ2v) is 7.40. The number of nitro groups is 1. The van der Waals surface area contributed by atoms with Crippen molar-refractivity contribution in [3.05, 3.63) is 46.1 Å². The summed E-state index contributed by atoms with van der Waals surface area (Å²) in [6.45, 7) is 1.88. The lowest BCUT2D eigenvalue weighted by Gasteiger charge is -2.26. The quantitative estimate of drug-likeness (QED) is 0.567. The number of fused-ring (bicyclic) bond motifs is 1. The highest BCUT2D eigenvalue weighted by molar-refractivity contribution is 8.00. The number of rotatable bonds is 5. The number of amides is 1. The van der Waals surface area contributed by atoms with Crippen LogP contribution in [-0.4, -0.2) is 51.1 Å². The zero-order chi connectivity index (χ0) is 18.8. The summed E-state index contributed by atoms with van der Waals surface area (Å²) >= 11 is 1.66. The minimum Gasteiger partial charge on any atom is -0.443 e. The summed E-state index contributed by atoms with van der Waals surface area (Å²) in [7, 11) is 0. The monoisotopic (exact) mass is 390 g/mol. The fraction of sp³-hybridized carbons (Fsp3) is 0.412. The van der Waals surface area contributed by atoms with E-state index in [9.17, 15) is 14.9 Å². The molecule has 1 fully saturated rings. The molecule has 0 unspecified atom stereocenters. The van der Waals surface area contributed by atoms with E-state index in [1.807, 2.05) is 29.2 Å². The summed E-state index contributed by atoms with van der Waals surface area (Å²) in [4.78, 5) is 27.8. The summed E-state index contributed by atoms with van der Waals surface area (Å²) in [6.07, 6.45) is 1.14. The van der Waals surface area contributed by atoms with E-state index in [4.69, 9.17) is 9.47 Å². The highest BCUT2D eigenvalue weighted by atomic mass is 32.2. The number of hydrogen-bond acceptors (Lipinski definition) is 7. The van der Waals surface area contributed by atoms with Crippen LogP contribution in [0.3, 0.4) is 0 Å². The predicted octanol–water partition coefficient (Wildman–Crippen LogP) is 1.85. The van der Waals surface area contributed by atoms with Crippen LogP contribution in [0.15, 0.2) is 30.5 Å². The van der Waals surface area contributed by atoms with Crippen LogP contribution >= 0.6 is 11.8 Å². The first-order chi connectivity index (χ1) is 13.1. The summed E-state index contributed by atoms with van der Waals surface area (Å²) < 4.78 is 12.9. The van der Waals surface area contributed by atoms with Crippen molar-refractivity contribution in [1.29, 1.82) is 0 Å². The van der Waals surface area contributed by atoms with E-state index in [0.29, 0.717) is 25.5 Å². The molecule has 1 amide bonds. The van der Waals surface area contributed by atoms with Crippen LogP contribution in [0.4, 0.5) is 11.5 Å². The van der Waals surface area contributed by atoms with E-state index in [1.54, 1.807) is 16.3 Å². The number of imidazole rings is 1. The third-order valence-electron chi connectivity index (χ3n) is 4.43. The average molecular weight is 390 g/mol. The number of thioether (sulfide) groups is 1. The molecule has 0 aliphatic carbocycles. The van der Waals surface area contributed by atoms with Gasteiger partial charge in [0, 0.05) is 23.0 Å². The molecule has 2 aliphatic rings. The first kappa shape index (κ1) is 17.8. The molecule has 1 aromatic carbocycles. The van der Waals surface area contributed by atoms with Crippen LogP contribution < -0.4 is 9.64 Å². The highest BCUT2D eigenvalue weighted by Gasteiger charge is 2.28. The summed E-state index contributed by atoms with van der Waals surface area (Å²) in [6, 6.07) is 8.00. The molecule has 0 saturated carbocycles. The van der Waals surface area contributed by atoms with Gasteiger partial charge in [0.2, 0.25) is 5.91 Å². The Labute approximate surface area is 159 Å². The Kier molecular flexibility index (Phi) is 4.99. The third-order valence-corrected chi connectivity index (χ3v) is 5.35. The Morgan fingerprint density at radius 1 is 1.37 bits per heavy atom. The molecule has 0 spiro atoms. The lowest BCUT2D eigenvalue weighted by atomic mass is 10.2. The van der Waals surface area contributed by atoms with Crippen molar-refractivity contribution in [3.8, 4) is 6.01 Å². The zero-order valence-corrected chi connectivity index (χ0v) is 15.3. The van der Waals surface area contributed by atoms with Crippen LogP contribution in [-0.2, 0) is 22.7 Å². The largest absolute Gasteiger partial charge is 0.443 e. The van der Waals surface area contributed by atoms with Gasteiger partial charge in [-0.05, 0) is 22.6 Å². The molecule has 0 N–H and O–H groups in total. The molecule has 3 heterocycles. The fourth-order valence-corrected chi connectivity index (χ4v) is 3.82. The van der Waals surface area contributed by atoms with Crippen LogP contribution in [0, 0.1) is 10.1 Å². The standard InChI is InChI=1S/C17H18N4O5S/c22-16-11-27-6-5-20(16)13-3-1-12(2-4-13)9-25-14-7-19-8-15(21(23)24)18-17(19)26-10-14/h1-4,8,14H,5-7,9-11H2/t14-/m0/s1. The zero-order valence-electron chi connectivity index (χ0n) is 14.4. The predicted molar refractivity (Wildman–Crippen MR) is 99.1 cm³/mol. The van der Waals surface area contributed by atoms with Gasteiger partial charge in [-0.15, -0.1) is 0 Å². The van der Waals surface area contributed by atoms with Crippen LogP contribution in [0.2, 0.25) is 0 Å². The van der Waals surface area contributed by atoms with Gasteiger partial charge in [-0.1, -0.05) is 12.1 Å². The molecular formula is C17H18N4O5S. The second kappa shape index (κ2) is 7.57. The number of aromatic nitrogens is 2. The number of hydrogen-bond donors (Lipinski definition) is 0. The summed E-state index contributed by atoms with van der Waals surface area (Å²) in [5.41, 5.74) is 1.89. The maximum absolute atomic E-state index is 12.0. The van der Waals surface area contributed by atoms with E-state index in [-0.39, 0.29) is 23.8 Å². The van der Waals surface area contributed by atoms with E-state index >= 15 is 0 Å². The normalized spacial score (nSPS) is 19.5. The molecule has 142 valence electrons. The van der Waals surface area contributed by atoms with Gasteiger partial charge in [-0.2, -0.15) is 11.8 Å². The molecule has 1 saturated heterocycles. The van der Waals surface area contributed by atoms with Gasteiger partial charge >= 0.3 is 11.8 Å². The molecule has 2 aromatic rings. The Morgan fingerprint density at radius 2 is 2.19 bits per heavy atom. The topological polar surface area (TPSA) is 99.7 Å². The average Bonchev–Trinajstić information content (AvgIpc) is 3.11. The number of benzene rings is 1.